The van der Waals surface area contributed by atoms with Crippen molar-refractivity contribution in [1.82, 2.24) is 0 Å². The van der Waals surface area contributed by atoms with Crippen LogP contribution in [0.2, 0.25) is 0 Å². The standard InChI is InChI=1S/C13H22O3/c1-11(2)9-13(14,12(3,4)16-11)10-7-5-6-8-15-10/h7,14H,5-6,8-9H2,1-4H3. The average molecular weight is 226 g/mol. The smallest absolute Gasteiger partial charge is 0.152 e. The van der Waals surface area contributed by atoms with Crippen LogP contribution in [0.3, 0.4) is 0 Å². The van der Waals surface area contributed by atoms with Gasteiger partial charge in [0.25, 0.3) is 0 Å². The lowest BCUT2D eigenvalue weighted by Gasteiger charge is -2.37. The van der Waals surface area contributed by atoms with Gasteiger partial charge in [0.15, 0.2) is 5.60 Å². The van der Waals surface area contributed by atoms with Crippen molar-refractivity contribution in [2.45, 2.75) is 63.8 Å². The van der Waals surface area contributed by atoms with Gasteiger partial charge in [0.1, 0.15) is 5.76 Å². The van der Waals surface area contributed by atoms with Crippen LogP contribution in [-0.2, 0) is 9.47 Å². The lowest BCUT2D eigenvalue weighted by molar-refractivity contribution is -0.128. The van der Waals surface area contributed by atoms with Crippen molar-refractivity contribution in [3.8, 4) is 0 Å². The maximum absolute atomic E-state index is 10.9. The predicted octanol–water partition coefficient (Wildman–Crippen LogP) is 2.39. The minimum absolute atomic E-state index is 0.306. The van der Waals surface area contributed by atoms with Crippen LogP contribution < -0.4 is 0 Å². The van der Waals surface area contributed by atoms with E-state index in [1.807, 2.05) is 33.8 Å². The number of ether oxygens (including phenoxy) is 2. The first kappa shape index (κ1) is 11.9. The van der Waals surface area contributed by atoms with Crippen LogP contribution in [0.1, 0.15) is 47.0 Å². The van der Waals surface area contributed by atoms with Crippen molar-refractivity contribution in [3.63, 3.8) is 0 Å². The molecule has 1 fully saturated rings. The van der Waals surface area contributed by atoms with E-state index in [1.165, 1.54) is 0 Å². The molecule has 0 saturated carbocycles. The van der Waals surface area contributed by atoms with Gasteiger partial charge < -0.3 is 14.6 Å². The highest BCUT2D eigenvalue weighted by Gasteiger charge is 2.59. The predicted molar refractivity (Wildman–Crippen MR) is 62.1 cm³/mol. The first-order chi connectivity index (χ1) is 7.27. The number of rotatable bonds is 1. The summed E-state index contributed by atoms with van der Waals surface area (Å²) in [6.07, 6.45) is 4.60. The van der Waals surface area contributed by atoms with Gasteiger partial charge in [-0.05, 0) is 46.6 Å². The molecule has 0 bridgehead atoms. The molecule has 0 aliphatic carbocycles. The highest BCUT2D eigenvalue weighted by atomic mass is 16.6. The molecule has 0 aromatic heterocycles. The van der Waals surface area contributed by atoms with Gasteiger partial charge >= 0.3 is 0 Å². The van der Waals surface area contributed by atoms with Crippen molar-refractivity contribution < 1.29 is 14.6 Å². The molecule has 1 atom stereocenters. The summed E-state index contributed by atoms with van der Waals surface area (Å²) in [6.45, 7) is 8.58. The highest BCUT2D eigenvalue weighted by molar-refractivity contribution is 5.23. The van der Waals surface area contributed by atoms with Crippen LogP contribution in [0.5, 0.6) is 0 Å². The first-order valence-corrected chi connectivity index (χ1v) is 6.03. The van der Waals surface area contributed by atoms with Crippen molar-refractivity contribution in [3.05, 3.63) is 11.8 Å². The zero-order valence-corrected chi connectivity index (χ0v) is 10.7. The van der Waals surface area contributed by atoms with E-state index >= 15 is 0 Å². The monoisotopic (exact) mass is 226 g/mol. The van der Waals surface area contributed by atoms with E-state index in [0.29, 0.717) is 18.8 Å². The fraction of sp³-hybridized carbons (Fsp3) is 0.846. The Labute approximate surface area is 97.4 Å². The minimum Gasteiger partial charge on any atom is -0.495 e. The van der Waals surface area contributed by atoms with Crippen molar-refractivity contribution in [1.29, 1.82) is 0 Å². The Hall–Kier alpha value is -0.540. The van der Waals surface area contributed by atoms with Crippen LogP contribution in [0.4, 0.5) is 0 Å². The topological polar surface area (TPSA) is 38.7 Å². The van der Waals surface area contributed by atoms with Crippen LogP contribution in [0, 0.1) is 0 Å². The number of aliphatic hydroxyl groups is 1. The van der Waals surface area contributed by atoms with Gasteiger partial charge in [0.05, 0.1) is 17.8 Å². The Bertz CT molecular complexity index is 317. The van der Waals surface area contributed by atoms with E-state index in [9.17, 15) is 5.11 Å². The second-order valence-electron chi connectivity index (χ2n) is 5.97. The molecule has 1 saturated heterocycles. The van der Waals surface area contributed by atoms with Gasteiger partial charge in [-0.25, -0.2) is 0 Å². The van der Waals surface area contributed by atoms with Crippen molar-refractivity contribution >= 4 is 0 Å². The van der Waals surface area contributed by atoms with Gasteiger partial charge in [-0.2, -0.15) is 0 Å². The van der Waals surface area contributed by atoms with E-state index in [-0.39, 0.29) is 5.60 Å². The van der Waals surface area contributed by atoms with E-state index in [2.05, 4.69) is 0 Å². The summed E-state index contributed by atoms with van der Waals surface area (Å²) in [7, 11) is 0. The number of allylic oxidation sites excluding steroid dienone is 1. The summed E-state index contributed by atoms with van der Waals surface area (Å²) < 4.78 is 11.6. The Balaban J connectivity index is 2.33. The maximum atomic E-state index is 10.9. The summed E-state index contributed by atoms with van der Waals surface area (Å²) in [5.41, 5.74) is -1.89. The molecule has 0 aromatic rings. The summed E-state index contributed by atoms with van der Waals surface area (Å²) in [4.78, 5) is 0. The Morgan fingerprint density at radius 2 is 1.94 bits per heavy atom. The third-order valence-electron chi connectivity index (χ3n) is 3.55. The van der Waals surface area contributed by atoms with Crippen LogP contribution in [-0.4, -0.2) is 28.5 Å². The summed E-state index contributed by atoms with van der Waals surface area (Å²) in [5, 5.41) is 10.9. The average Bonchev–Trinajstić information content (AvgIpc) is 2.33. The third-order valence-corrected chi connectivity index (χ3v) is 3.55. The van der Waals surface area contributed by atoms with E-state index < -0.39 is 11.2 Å². The summed E-state index contributed by atoms with van der Waals surface area (Å²) >= 11 is 0. The lowest BCUT2D eigenvalue weighted by Crippen LogP contribution is -2.48. The fourth-order valence-corrected chi connectivity index (χ4v) is 2.87. The van der Waals surface area contributed by atoms with Gasteiger partial charge in [0.2, 0.25) is 0 Å². The molecule has 0 amide bonds. The second kappa shape index (κ2) is 3.47. The lowest BCUT2D eigenvalue weighted by atomic mass is 9.80. The van der Waals surface area contributed by atoms with Crippen molar-refractivity contribution in [2.75, 3.05) is 6.61 Å². The van der Waals surface area contributed by atoms with Crippen molar-refractivity contribution in [2.24, 2.45) is 0 Å². The van der Waals surface area contributed by atoms with Crippen LogP contribution >= 0.6 is 0 Å². The molecule has 2 rings (SSSR count). The zero-order valence-electron chi connectivity index (χ0n) is 10.7. The highest BCUT2D eigenvalue weighted by Crippen LogP contribution is 2.49. The van der Waals surface area contributed by atoms with E-state index in [0.717, 1.165) is 12.8 Å². The fourth-order valence-electron chi connectivity index (χ4n) is 2.87. The van der Waals surface area contributed by atoms with Crippen LogP contribution in [0.15, 0.2) is 11.8 Å². The quantitative estimate of drug-likeness (QED) is 0.746. The Morgan fingerprint density at radius 3 is 2.38 bits per heavy atom. The molecule has 92 valence electrons. The Kier molecular flexibility index (Phi) is 2.59. The molecule has 2 aliphatic heterocycles. The molecular weight excluding hydrogens is 204 g/mol. The van der Waals surface area contributed by atoms with Crippen LogP contribution in [0.25, 0.3) is 0 Å². The molecule has 2 heterocycles. The molecule has 0 radical (unpaired) electrons. The molecule has 1 N–H and O–H groups in total. The van der Waals surface area contributed by atoms with E-state index in [4.69, 9.17) is 9.47 Å². The first-order valence-electron chi connectivity index (χ1n) is 6.03. The number of hydrogen-bond acceptors (Lipinski definition) is 3. The molecule has 0 spiro atoms. The molecule has 1 unspecified atom stereocenters. The number of hydrogen-bond donors (Lipinski definition) is 1. The molecule has 2 aliphatic rings. The Morgan fingerprint density at radius 1 is 1.25 bits per heavy atom. The SMILES string of the molecule is CC1(C)CC(O)(C2=CCCCO2)C(C)(C)O1. The van der Waals surface area contributed by atoms with E-state index in [1.54, 1.807) is 0 Å². The van der Waals surface area contributed by atoms with Gasteiger partial charge in [-0.15, -0.1) is 0 Å². The minimum atomic E-state index is -0.989. The maximum Gasteiger partial charge on any atom is 0.152 e. The largest absolute Gasteiger partial charge is 0.495 e. The third kappa shape index (κ3) is 1.76. The molecule has 16 heavy (non-hydrogen) atoms. The normalized spacial score (nSPS) is 36.7. The summed E-state index contributed by atoms with van der Waals surface area (Å²) in [5.74, 6) is 0.703. The summed E-state index contributed by atoms with van der Waals surface area (Å²) in [6, 6.07) is 0. The van der Waals surface area contributed by atoms with Gasteiger partial charge in [-0.1, -0.05) is 0 Å². The molecular formula is C13H22O3. The van der Waals surface area contributed by atoms with Gasteiger partial charge in [0, 0.05) is 6.42 Å². The second-order valence-corrected chi connectivity index (χ2v) is 5.97. The molecule has 3 nitrogen and oxygen atoms in total. The molecule has 0 aromatic carbocycles. The zero-order chi connectivity index (χ0) is 12.0. The molecule has 3 heteroatoms. The van der Waals surface area contributed by atoms with Gasteiger partial charge in [-0.3, -0.25) is 0 Å².